The predicted octanol–water partition coefficient (Wildman–Crippen LogP) is 5.54. The Morgan fingerprint density at radius 3 is 2.55 bits per heavy atom. The quantitative estimate of drug-likeness (QED) is 0.473. The van der Waals surface area contributed by atoms with Gasteiger partial charge in [-0.05, 0) is 54.8 Å². The highest BCUT2D eigenvalue weighted by molar-refractivity contribution is 5.98. The van der Waals surface area contributed by atoms with Crippen molar-refractivity contribution >= 4 is 28.4 Å². The predicted molar refractivity (Wildman–Crippen MR) is 116 cm³/mol. The van der Waals surface area contributed by atoms with Crippen molar-refractivity contribution in [1.29, 1.82) is 0 Å². The summed E-state index contributed by atoms with van der Waals surface area (Å²) in [4.78, 5) is 17.6. The van der Waals surface area contributed by atoms with E-state index in [1.165, 1.54) is 0 Å². The summed E-state index contributed by atoms with van der Waals surface area (Å²) in [6, 6.07) is 20.8. The van der Waals surface area contributed by atoms with Crippen molar-refractivity contribution in [3.63, 3.8) is 0 Å². The van der Waals surface area contributed by atoms with Gasteiger partial charge in [0.2, 0.25) is 0 Å². The number of fused-ring (bicyclic) bond motifs is 1. The van der Waals surface area contributed by atoms with Crippen molar-refractivity contribution in [2.45, 2.75) is 26.8 Å². The topological polar surface area (TPSA) is 67.2 Å². The molecule has 1 heterocycles. The number of amides is 1. The van der Waals surface area contributed by atoms with Gasteiger partial charge >= 0.3 is 0 Å². The van der Waals surface area contributed by atoms with Crippen LogP contribution in [0.3, 0.4) is 0 Å². The van der Waals surface area contributed by atoms with Crippen LogP contribution in [0.5, 0.6) is 0 Å². The average molecular weight is 385 g/mol. The summed E-state index contributed by atoms with van der Waals surface area (Å²) >= 11 is 0. The third kappa shape index (κ3) is 4.14. The van der Waals surface area contributed by atoms with Crippen molar-refractivity contribution in [3.8, 4) is 0 Å². The van der Waals surface area contributed by atoms with Gasteiger partial charge in [-0.25, -0.2) is 4.98 Å². The number of carbonyl (C=O) groups is 1. The number of carbonyl (C=O) groups excluding carboxylic acids is 1. The second kappa shape index (κ2) is 7.80. The van der Waals surface area contributed by atoms with Gasteiger partial charge in [-0.1, -0.05) is 42.5 Å². The van der Waals surface area contributed by atoms with Crippen LogP contribution in [-0.4, -0.2) is 10.9 Å². The monoisotopic (exact) mass is 385 g/mol. The van der Waals surface area contributed by atoms with E-state index in [-0.39, 0.29) is 5.91 Å². The molecule has 0 saturated heterocycles. The summed E-state index contributed by atoms with van der Waals surface area (Å²) < 4.78 is 5.55. The minimum atomic E-state index is -0.554. The van der Waals surface area contributed by atoms with Crippen molar-refractivity contribution in [2.24, 2.45) is 0 Å². The molecule has 0 spiro atoms. The van der Waals surface area contributed by atoms with Crippen LogP contribution in [0.1, 0.15) is 28.6 Å². The summed E-state index contributed by atoms with van der Waals surface area (Å²) in [6.45, 7) is 5.81. The first-order chi connectivity index (χ1) is 14.0. The molecule has 1 amide bonds. The Morgan fingerprint density at radius 2 is 1.76 bits per heavy atom. The van der Waals surface area contributed by atoms with Gasteiger partial charge in [-0.15, -0.1) is 0 Å². The zero-order chi connectivity index (χ0) is 20.4. The van der Waals surface area contributed by atoms with Gasteiger partial charge in [0.15, 0.2) is 11.5 Å². The van der Waals surface area contributed by atoms with E-state index in [1.54, 1.807) is 0 Å². The molecule has 0 fully saturated rings. The molecule has 4 rings (SSSR count). The fraction of sp³-hybridized carbons (Fsp3) is 0.167. The molecular weight excluding hydrogens is 362 g/mol. The van der Waals surface area contributed by atoms with Crippen LogP contribution >= 0.6 is 0 Å². The average Bonchev–Trinajstić information content (AvgIpc) is 3.08. The van der Waals surface area contributed by atoms with Crippen molar-refractivity contribution in [2.75, 3.05) is 10.6 Å². The van der Waals surface area contributed by atoms with Crippen LogP contribution in [0.4, 0.5) is 11.4 Å². The Hall–Kier alpha value is -3.60. The van der Waals surface area contributed by atoms with E-state index in [9.17, 15) is 4.79 Å². The molecule has 3 aromatic carbocycles. The summed E-state index contributed by atoms with van der Waals surface area (Å²) in [6.07, 6.45) is 0. The molecule has 29 heavy (non-hydrogen) atoms. The number of oxazole rings is 1. The highest BCUT2D eigenvalue weighted by Gasteiger charge is 2.21. The number of anilines is 2. The van der Waals surface area contributed by atoms with Gasteiger partial charge in [0.25, 0.3) is 5.91 Å². The minimum Gasteiger partial charge on any atom is -0.441 e. The van der Waals surface area contributed by atoms with Crippen molar-refractivity contribution < 1.29 is 9.21 Å². The van der Waals surface area contributed by atoms with E-state index in [4.69, 9.17) is 4.42 Å². The molecule has 0 unspecified atom stereocenters. The molecule has 2 N–H and O–H groups in total. The van der Waals surface area contributed by atoms with Crippen LogP contribution in [-0.2, 0) is 4.79 Å². The summed E-state index contributed by atoms with van der Waals surface area (Å²) in [5.74, 6) is 0.491. The first-order valence-electron chi connectivity index (χ1n) is 9.56. The lowest BCUT2D eigenvalue weighted by molar-refractivity contribution is -0.117. The van der Waals surface area contributed by atoms with Gasteiger partial charge in [0, 0.05) is 18.3 Å². The smallest absolute Gasteiger partial charge is 0.251 e. The number of hydrogen-bond donors (Lipinski definition) is 2. The maximum Gasteiger partial charge on any atom is 0.251 e. The van der Waals surface area contributed by atoms with Crippen molar-refractivity contribution in [3.05, 3.63) is 89.3 Å². The van der Waals surface area contributed by atoms with Gasteiger partial charge in [-0.2, -0.15) is 0 Å². The lowest BCUT2D eigenvalue weighted by Gasteiger charge is -2.21. The molecule has 5 nitrogen and oxygen atoms in total. The number of rotatable bonds is 5. The Morgan fingerprint density at radius 1 is 0.966 bits per heavy atom. The van der Waals surface area contributed by atoms with Crippen LogP contribution in [0.2, 0.25) is 0 Å². The Kier molecular flexibility index (Phi) is 5.04. The SMILES string of the molecule is Cc1ccc(C)c(NC(=O)[C@H](Nc2ccc3oc(C)nc3c2)c2ccccc2)c1. The van der Waals surface area contributed by atoms with E-state index in [0.717, 1.165) is 39.2 Å². The number of hydrogen-bond acceptors (Lipinski definition) is 4. The molecule has 0 bridgehead atoms. The minimum absolute atomic E-state index is 0.124. The van der Waals surface area contributed by atoms with E-state index < -0.39 is 6.04 Å². The lowest BCUT2D eigenvalue weighted by Crippen LogP contribution is -2.27. The molecule has 0 saturated carbocycles. The normalized spacial score (nSPS) is 12.0. The second-order valence-electron chi connectivity index (χ2n) is 7.21. The van der Waals surface area contributed by atoms with Crippen molar-refractivity contribution in [1.82, 2.24) is 4.98 Å². The lowest BCUT2D eigenvalue weighted by atomic mass is 10.0. The summed E-state index contributed by atoms with van der Waals surface area (Å²) in [5, 5.41) is 6.43. The first kappa shape index (κ1) is 18.7. The standard InChI is InChI=1S/C24H23N3O2/c1-15-9-10-16(2)20(13-15)27-24(28)23(18-7-5-4-6-8-18)26-19-11-12-22-21(14-19)25-17(3)29-22/h4-14,23,26H,1-3H3,(H,27,28)/t23-/m1/s1. The number of benzene rings is 3. The fourth-order valence-corrected chi connectivity index (χ4v) is 3.32. The first-order valence-corrected chi connectivity index (χ1v) is 9.56. The van der Waals surface area contributed by atoms with Crippen LogP contribution in [0, 0.1) is 20.8 Å². The van der Waals surface area contributed by atoms with E-state index in [2.05, 4.69) is 15.6 Å². The van der Waals surface area contributed by atoms with E-state index in [1.807, 2.05) is 87.5 Å². The maximum absolute atomic E-state index is 13.2. The zero-order valence-electron chi connectivity index (χ0n) is 16.7. The largest absolute Gasteiger partial charge is 0.441 e. The highest BCUT2D eigenvalue weighted by Crippen LogP contribution is 2.26. The third-order valence-electron chi connectivity index (χ3n) is 4.85. The van der Waals surface area contributed by atoms with Gasteiger partial charge in [-0.3, -0.25) is 4.79 Å². The van der Waals surface area contributed by atoms with Gasteiger partial charge in [0.1, 0.15) is 11.6 Å². The summed E-state index contributed by atoms with van der Waals surface area (Å²) in [5.41, 5.74) is 6.11. The molecule has 0 radical (unpaired) electrons. The number of aryl methyl sites for hydroxylation is 3. The Bertz CT molecular complexity index is 1170. The number of aromatic nitrogens is 1. The molecule has 146 valence electrons. The molecule has 0 aliphatic heterocycles. The molecule has 1 atom stereocenters. The van der Waals surface area contributed by atoms with E-state index in [0.29, 0.717) is 5.89 Å². The molecule has 4 aromatic rings. The molecule has 0 aliphatic rings. The zero-order valence-corrected chi connectivity index (χ0v) is 16.7. The highest BCUT2D eigenvalue weighted by atomic mass is 16.3. The van der Waals surface area contributed by atoms with Crippen LogP contribution < -0.4 is 10.6 Å². The number of nitrogens with zero attached hydrogens (tertiary/aromatic N) is 1. The fourth-order valence-electron chi connectivity index (χ4n) is 3.32. The van der Waals surface area contributed by atoms with Crippen LogP contribution in [0.25, 0.3) is 11.1 Å². The maximum atomic E-state index is 13.2. The summed E-state index contributed by atoms with van der Waals surface area (Å²) in [7, 11) is 0. The van der Waals surface area contributed by atoms with Gasteiger partial charge in [0.05, 0.1) is 0 Å². The molecule has 0 aliphatic carbocycles. The molecule has 1 aromatic heterocycles. The van der Waals surface area contributed by atoms with E-state index >= 15 is 0 Å². The Balaban J connectivity index is 1.65. The second-order valence-corrected chi connectivity index (χ2v) is 7.21. The third-order valence-corrected chi connectivity index (χ3v) is 4.85. The molecular formula is C24H23N3O2. The molecule has 5 heteroatoms. The van der Waals surface area contributed by atoms with Gasteiger partial charge < -0.3 is 15.1 Å². The van der Waals surface area contributed by atoms with Crippen LogP contribution in [0.15, 0.2) is 71.1 Å². The number of nitrogens with one attached hydrogen (secondary N) is 2. The Labute approximate surface area is 169 Å².